The van der Waals surface area contributed by atoms with Crippen LogP contribution < -0.4 is 5.73 Å². The monoisotopic (exact) mass is 133 g/mol. The van der Waals surface area contributed by atoms with Crippen LogP contribution in [0.4, 0.5) is 0 Å². The fourth-order valence-electron chi connectivity index (χ4n) is 0.414. The quantitative estimate of drug-likeness (QED) is 0.428. The Hall–Kier alpha value is 0.137. The smallest absolute Gasteiger partial charge is 0.163 e. The van der Waals surface area contributed by atoms with E-state index in [1.54, 1.807) is 0 Å². The van der Waals surface area contributed by atoms with Gasteiger partial charge in [-0.2, -0.15) is 0 Å². The van der Waals surface area contributed by atoms with Crippen LogP contribution in [0, 0.1) is 0 Å². The maximum absolute atomic E-state index is 5.49. The zero-order valence-corrected chi connectivity index (χ0v) is 7.10. The normalized spacial score (nSPS) is 15.4. The van der Waals surface area contributed by atoms with Gasteiger partial charge in [-0.3, -0.25) is 0 Å². The molecule has 2 N–H and O–H groups in total. The summed E-state index contributed by atoms with van der Waals surface area (Å²) in [5, 5.41) is 0. The van der Waals surface area contributed by atoms with Crippen LogP contribution in [0.5, 0.6) is 0 Å². The van der Waals surface area contributed by atoms with E-state index in [1.165, 1.54) is 0 Å². The van der Waals surface area contributed by atoms with Crippen LogP contribution in [0.3, 0.4) is 0 Å². The van der Waals surface area contributed by atoms with Crippen LogP contribution in [0.1, 0.15) is 13.8 Å². The number of hydrogen-bond acceptors (Lipinski definition) is 2. The van der Waals surface area contributed by atoms with Crippen LogP contribution in [-0.2, 0) is 4.43 Å². The third kappa shape index (κ3) is 6.14. The van der Waals surface area contributed by atoms with E-state index in [2.05, 4.69) is 0 Å². The largest absolute Gasteiger partial charge is 0.424 e. The van der Waals surface area contributed by atoms with Gasteiger partial charge in [0, 0.05) is 12.6 Å². The Balaban J connectivity index is 2.72. The van der Waals surface area contributed by atoms with Gasteiger partial charge < -0.3 is 10.2 Å². The zero-order chi connectivity index (χ0) is 6.41. The Bertz CT molecular complexity index is 49.7. The van der Waals surface area contributed by atoms with E-state index < -0.39 is 0 Å². The van der Waals surface area contributed by atoms with E-state index in [-0.39, 0.29) is 9.76 Å². The molecule has 1 atom stereocenters. The molecule has 0 aromatic heterocycles. The minimum Gasteiger partial charge on any atom is -0.424 e. The van der Waals surface area contributed by atoms with Gasteiger partial charge in [-0.05, 0) is 13.0 Å². The molecular formula is C5H15NOSi. The molecule has 0 fully saturated rings. The second-order valence-corrected chi connectivity index (χ2v) is 3.36. The van der Waals surface area contributed by atoms with Gasteiger partial charge in [0.1, 0.15) is 0 Å². The summed E-state index contributed by atoms with van der Waals surface area (Å²) in [5.41, 5.74) is 5.49. The fourth-order valence-corrected chi connectivity index (χ4v) is 1.24. The van der Waals surface area contributed by atoms with Crippen LogP contribution in [-0.4, -0.2) is 22.4 Å². The fraction of sp³-hybridized carbons (Fsp3) is 1.00. The Morgan fingerprint density at radius 1 is 1.75 bits per heavy atom. The van der Waals surface area contributed by atoms with E-state index >= 15 is 0 Å². The Morgan fingerprint density at radius 3 is 2.75 bits per heavy atom. The van der Waals surface area contributed by atoms with E-state index in [4.69, 9.17) is 10.2 Å². The molecule has 0 spiro atoms. The lowest BCUT2D eigenvalue weighted by atomic mass is 10.4. The highest BCUT2D eigenvalue weighted by Crippen LogP contribution is 1.84. The van der Waals surface area contributed by atoms with Crippen molar-refractivity contribution in [3.8, 4) is 0 Å². The van der Waals surface area contributed by atoms with Gasteiger partial charge in [0.2, 0.25) is 0 Å². The predicted octanol–water partition coefficient (Wildman–Crippen LogP) is -0.128. The molecule has 0 radical (unpaired) electrons. The minimum absolute atomic E-state index is 0.261. The van der Waals surface area contributed by atoms with Gasteiger partial charge in [-0.15, -0.1) is 0 Å². The lowest BCUT2D eigenvalue weighted by Gasteiger charge is -2.01. The number of hydrogen-bond donors (Lipinski definition) is 1. The van der Waals surface area contributed by atoms with E-state index in [0.717, 1.165) is 12.7 Å². The highest BCUT2D eigenvalue weighted by Gasteiger charge is 1.92. The lowest BCUT2D eigenvalue weighted by Crippen LogP contribution is -2.17. The Morgan fingerprint density at radius 2 is 2.38 bits per heavy atom. The molecule has 0 saturated carbocycles. The molecule has 0 aliphatic rings. The first-order valence-corrected chi connectivity index (χ1v) is 4.68. The van der Waals surface area contributed by atoms with Crippen molar-refractivity contribution >= 4 is 9.76 Å². The van der Waals surface area contributed by atoms with Crippen LogP contribution in [0.15, 0.2) is 0 Å². The summed E-state index contributed by atoms with van der Waals surface area (Å²) >= 11 is 0. The molecule has 0 saturated heterocycles. The second kappa shape index (κ2) is 5.28. The Kier molecular flexibility index (Phi) is 5.37. The molecule has 3 heteroatoms. The molecule has 8 heavy (non-hydrogen) atoms. The standard InChI is InChI=1S/C5H15NOSi/c1-3-7-8-4-5(2)6/h5H,3-4,6,8H2,1-2H3. The molecule has 0 aliphatic heterocycles. The topological polar surface area (TPSA) is 35.2 Å². The van der Waals surface area contributed by atoms with Crippen molar-refractivity contribution in [3.63, 3.8) is 0 Å². The van der Waals surface area contributed by atoms with Crippen molar-refractivity contribution in [2.75, 3.05) is 6.61 Å². The zero-order valence-electron chi connectivity index (χ0n) is 5.68. The second-order valence-electron chi connectivity index (χ2n) is 1.96. The van der Waals surface area contributed by atoms with Gasteiger partial charge in [0.25, 0.3) is 0 Å². The highest BCUT2D eigenvalue weighted by atomic mass is 28.2. The predicted molar refractivity (Wildman–Crippen MR) is 38.6 cm³/mol. The van der Waals surface area contributed by atoms with Gasteiger partial charge in [-0.1, -0.05) is 6.92 Å². The lowest BCUT2D eigenvalue weighted by molar-refractivity contribution is 0.358. The number of rotatable bonds is 4. The van der Waals surface area contributed by atoms with E-state index in [0.29, 0.717) is 6.04 Å². The third-order valence-corrected chi connectivity index (χ3v) is 2.76. The van der Waals surface area contributed by atoms with Crippen molar-refractivity contribution in [1.82, 2.24) is 0 Å². The summed E-state index contributed by atoms with van der Waals surface area (Å²) in [6, 6.07) is 1.45. The first-order chi connectivity index (χ1) is 3.77. The molecule has 0 aromatic carbocycles. The average molecular weight is 133 g/mol. The highest BCUT2D eigenvalue weighted by molar-refractivity contribution is 6.27. The van der Waals surface area contributed by atoms with Crippen molar-refractivity contribution < 1.29 is 4.43 Å². The third-order valence-electron chi connectivity index (χ3n) is 0.922. The average Bonchev–Trinajstić information content (AvgIpc) is 1.66. The van der Waals surface area contributed by atoms with Crippen LogP contribution >= 0.6 is 0 Å². The van der Waals surface area contributed by atoms with Gasteiger partial charge in [-0.25, -0.2) is 0 Å². The van der Waals surface area contributed by atoms with Crippen molar-refractivity contribution in [1.29, 1.82) is 0 Å². The molecular weight excluding hydrogens is 118 g/mol. The number of nitrogens with two attached hydrogens (primary N) is 1. The summed E-state index contributed by atoms with van der Waals surface area (Å²) in [6.07, 6.45) is 0. The van der Waals surface area contributed by atoms with Gasteiger partial charge >= 0.3 is 0 Å². The molecule has 2 nitrogen and oxygen atoms in total. The van der Waals surface area contributed by atoms with Crippen LogP contribution in [0.2, 0.25) is 6.04 Å². The summed E-state index contributed by atoms with van der Waals surface area (Å²) in [6.45, 7) is 4.90. The summed E-state index contributed by atoms with van der Waals surface area (Å²) < 4.78 is 5.20. The van der Waals surface area contributed by atoms with Gasteiger partial charge in [0.05, 0.1) is 0 Å². The molecule has 50 valence electrons. The summed E-state index contributed by atoms with van der Waals surface area (Å²) in [7, 11) is -0.261. The molecule has 1 unspecified atom stereocenters. The molecule has 0 aliphatic carbocycles. The molecule has 0 heterocycles. The minimum atomic E-state index is -0.261. The van der Waals surface area contributed by atoms with Gasteiger partial charge in [0.15, 0.2) is 9.76 Å². The van der Waals surface area contributed by atoms with E-state index in [9.17, 15) is 0 Å². The van der Waals surface area contributed by atoms with E-state index in [1.807, 2.05) is 13.8 Å². The summed E-state index contributed by atoms with van der Waals surface area (Å²) in [4.78, 5) is 0. The van der Waals surface area contributed by atoms with Crippen molar-refractivity contribution in [3.05, 3.63) is 0 Å². The maximum atomic E-state index is 5.49. The SMILES string of the molecule is CCO[SiH2]CC(C)N. The first-order valence-electron chi connectivity index (χ1n) is 3.10. The van der Waals surface area contributed by atoms with Crippen molar-refractivity contribution in [2.24, 2.45) is 5.73 Å². The molecule has 0 aromatic rings. The summed E-state index contributed by atoms with van der Waals surface area (Å²) in [5.74, 6) is 0. The Labute approximate surface area is 53.4 Å². The maximum Gasteiger partial charge on any atom is 0.163 e. The first kappa shape index (κ1) is 8.14. The van der Waals surface area contributed by atoms with Crippen molar-refractivity contribution in [2.45, 2.75) is 25.9 Å². The van der Waals surface area contributed by atoms with Crippen LogP contribution in [0.25, 0.3) is 0 Å². The molecule has 0 amide bonds. The molecule has 0 bridgehead atoms. The molecule has 0 rings (SSSR count).